The van der Waals surface area contributed by atoms with E-state index in [4.69, 9.17) is 11.6 Å². The molecule has 1 N–H and O–H groups in total. The standard InChI is InChI=1S/C15H15ClN2O2/c1-11(10-12-6-3-2-4-7-12)17-15-13(16)8-5-9-14(15)18(19)20/h2-9,11,17H,10H2,1H3. The zero-order valence-corrected chi connectivity index (χ0v) is 11.8. The topological polar surface area (TPSA) is 55.2 Å². The summed E-state index contributed by atoms with van der Waals surface area (Å²) in [6, 6.07) is 14.7. The molecule has 0 spiro atoms. The predicted molar refractivity (Wildman–Crippen MR) is 81.3 cm³/mol. The van der Waals surface area contributed by atoms with Gasteiger partial charge in [0.25, 0.3) is 5.69 Å². The van der Waals surface area contributed by atoms with Crippen LogP contribution < -0.4 is 5.32 Å². The number of anilines is 1. The molecular weight excluding hydrogens is 276 g/mol. The molecule has 0 aliphatic rings. The van der Waals surface area contributed by atoms with Crippen molar-refractivity contribution in [2.75, 3.05) is 5.32 Å². The van der Waals surface area contributed by atoms with Crippen molar-refractivity contribution >= 4 is 23.0 Å². The van der Waals surface area contributed by atoms with E-state index < -0.39 is 4.92 Å². The maximum atomic E-state index is 11.0. The van der Waals surface area contributed by atoms with Crippen LogP contribution >= 0.6 is 11.6 Å². The van der Waals surface area contributed by atoms with E-state index in [0.717, 1.165) is 6.42 Å². The van der Waals surface area contributed by atoms with E-state index in [1.807, 2.05) is 37.3 Å². The highest BCUT2D eigenvalue weighted by Gasteiger charge is 2.18. The SMILES string of the molecule is CC(Cc1ccccc1)Nc1c(Cl)cccc1[N+](=O)[O-]. The van der Waals surface area contributed by atoms with Crippen LogP contribution in [0.4, 0.5) is 11.4 Å². The molecule has 5 heteroatoms. The number of halogens is 1. The van der Waals surface area contributed by atoms with Crippen molar-refractivity contribution in [2.45, 2.75) is 19.4 Å². The Labute approximate surface area is 122 Å². The second kappa shape index (κ2) is 6.39. The average Bonchev–Trinajstić information content (AvgIpc) is 2.42. The molecule has 0 amide bonds. The number of rotatable bonds is 5. The number of nitrogens with one attached hydrogen (secondary N) is 1. The molecule has 0 fully saturated rings. The molecule has 2 rings (SSSR count). The molecule has 2 aromatic rings. The van der Waals surface area contributed by atoms with Crippen LogP contribution in [-0.4, -0.2) is 11.0 Å². The molecule has 0 heterocycles. The Bertz CT molecular complexity index is 602. The molecule has 1 unspecified atom stereocenters. The first-order chi connectivity index (χ1) is 9.58. The zero-order chi connectivity index (χ0) is 14.5. The minimum Gasteiger partial charge on any atom is -0.375 e. The van der Waals surface area contributed by atoms with Gasteiger partial charge in [-0.25, -0.2) is 0 Å². The summed E-state index contributed by atoms with van der Waals surface area (Å²) >= 11 is 6.05. The highest BCUT2D eigenvalue weighted by Crippen LogP contribution is 2.32. The van der Waals surface area contributed by atoms with E-state index in [2.05, 4.69) is 5.32 Å². The molecule has 1 atom stereocenters. The van der Waals surface area contributed by atoms with Gasteiger partial charge < -0.3 is 5.32 Å². The van der Waals surface area contributed by atoms with Gasteiger partial charge in [0.05, 0.1) is 9.95 Å². The number of nitro groups is 1. The van der Waals surface area contributed by atoms with Gasteiger partial charge in [-0.05, 0) is 25.0 Å². The van der Waals surface area contributed by atoms with E-state index in [0.29, 0.717) is 10.7 Å². The monoisotopic (exact) mass is 290 g/mol. The lowest BCUT2D eigenvalue weighted by molar-refractivity contribution is -0.384. The van der Waals surface area contributed by atoms with Crippen molar-refractivity contribution in [3.8, 4) is 0 Å². The van der Waals surface area contributed by atoms with Gasteiger partial charge in [0.1, 0.15) is 5.69 Å². The van der Waals surface area contributed by atoms with Crippen LogP contribution in [0.25, 0.3) is 0 Å². The lowest BCUT2D eigenvalue weighted by atomic mass is 10.1. The number of para-hydroxylation sites is 1. The summed E-state index contributed by atoms with van der Waals surface area (Å²) in [7, 11) is 0. The third-order valence-electron chi connectivity index (χ3n) is 2.96. The van der Waals surface area contributed by atoms with Crippen LogP contribution in [0.3, 0.4) is 0 Å². The van der Waals surface area contributed by atoms with Gasteiger partial charge >= 0.3 is 0 Å². The largest absolute Gasteiger partial charge is 0.375 e. The van der Waals surface area contributed by atoms with Crippen LogP contribution in [0.2, 0.25) is 5.02 Å². The third kappa shape index (κ3) is 3.48. The molecule has 0 aliphatic heterocycles. The van der Waals surface area contributed by atoms with Crippen LogP contribution in [0.5, 0.6) is 0 Å². The summed E-state index contributed by atoms with van der Waals surface area (Å²) in [6.45, 7) is 1.97. The molecule has 0 bridgehead atoms. The molecule has 0 saturated heterocycles. The Balaban J connectivity index is 2.15. The zero-order valence-electron chi connectivity index (χ0n) is 11.0. The van der Waals surface area contributed by atoms with Gasteiger partial charge in [0.2, 0.25) is 0 Å². The Morgan fingerprint density at radius 2 is 1.90 bits per heavy atom. The molecular formula is C15H15ClN2O2. The van der Waals surface area contributed by atoms with Crippen LogP contribution in [0.15, 0.2) is 48.5 Å². The summed E-state index contributed by atoms with van der Waals surface area (Å²) in [5.41, 5.74) is 1.54. The van der Waals surface area contributed by atoms with Crippen molar-refractivity contribution in [1.29, 1.82) is 0 Å². The number of nitro benzene ring substituents is 1. The molecule has 4 nitrogen and oxygen atoms in total. The van der Waals surface area contributed by atoms with Crippen molar-refractivity contribution in [3.63, 3.8) is 0 Å². The van der Waals surface area contributed by atoms with Crippen molar-refractivity contribution in [2.24, 2.45) is 0 Å². The van der Waals surface area contributed by atoms with Crippen molar-refractivity contribution < 1.29 is 4.92 Å². The first-order valence-electron chi connectivity index (χ1n) is 6.31. The Kier molecular flexibility index (Phi) is 4.58. The van der Waals surface area contributed by atoms with Gasteiger partial charge in [0, 0.05) is 12.1 Å². The molecule has 104 valence electrons. The number of hydrogen-bond donors (Lipinski definition) is 1. The van der Waals surface area contributed by atoms with E-state index in [1.165, 1.54) is 11.6 Å². The molecule has 0 aliphatic carbocycles. The van der Waals surface area contributed by atoms with Crippen LogP contribution in [0, 0.1) is 10.1 Å². The van der Waals surface area contributed by atoms with E-state index >= 15 is 0 Å². The summed E-state index contributed by atoms with van der Waals surface area (Å²) < 4.78 is 0. The molecule has 20 heavy (non-hydrogen) atoms. The summed E-state index contributed by atoms with van der Waals surface area (Å²) in [6.07, 6.45) is 0.767. The fraction of sp³-hybridized carbons (Fsp3) is 0.200. The Hall–Kier alpha value is -2.07. The fourth-order valence-corrected chi connectivity index (χ4v) is 2.30. The van der Waals surface area contributed by atoms with Crippen molar-refractivity contribution in [1.82, 2.24) is 0 Å². The first kappa shape index (κ1) is 14.3. The minimum absolute atomic E-state index is 0.00240. The summed E-state index contributed by atoms with van der Waals surface area (Å²) in [5.74, 6) is 0. The Morgan fingerprint density at radius 3 is 2.55 bits per heavy atom. The number of nitrogens with zero attached hydrogens (tertiary/aromatic N) is 1. The average molecular weight is 291 g/mol. The first-order valence-corrected chi connectivity index (χ1v) is 6.69. The van der Waals surface area contributed by atoms with Gasteiger partial charge in [-0.3, -0.25) is 10.1 Å². The van der Waals surface area contributed by atoms with Crippen molar-refractivity contribution in [3.05, 3.63) is 69.2 Å². The second-order valence-electron chi connectivity index (χ2n) is 4.63. The van der Waals surface area contributed by atoms with Gasteiger partial charge in [-0.15, -0.1) is 0 Å². The smallest absolute Gasteiger partial charge is 0.293 e. The van der Waals surface area contributed by atoms with E-state index in [-0.39, 0.29) is 11.7 Å². The quantitative estimate of drug-likeness (QED) is 0.660. The van der Waals surface area contributed by atoms with Gasteiger partial charge in [0.15, 0.2) is 0 Å². The predicted octanol–water partition coefficient (Wildman–Crippen LogP) is 4.29. The maximum Gasteiger partial charge on any atom is 0.293 e. The third-order valence-corrected chi connectivity index (χ3v) is 3.28. The molecule has 0 aromatic heterocycles. The molecule has 0 saturated carbocycles. The molecule has 2 aromatic carbocycles. The summed E-state index contributed by atoms with van der Waals surface area (Å²) in [4.78, 5) is 10.6. The van der Waals surface area contributed by atoms with Crippen LogP contribution in [-0.2, 0) is 6.42 Å². The fourth-order valence-electron chi connectivity index (χ4n) is 2.07. The minimum atomic E-state index is -0.427. The summed E-state index contributed by atoms with van der Waals surface area (Å²) in [5, 5.41) is 14.5. The lowest BCUT2D eigenvalue weighted by Gasteiger charge is -2.16. The van der Waals surface area contributed by atoms with E-state index in [1.54, 1.807) is 12.1 Å². The highest BCUT2D eigenvalue weighted by atomic mass is 35.5. The highest BCUT2D eigenvalue weighted by molar-refractivity contribution is 6.33. The number of hydrogen-bond acceptors (Lipinski definition) is 3. The van der Waals surface area contributed by atoms with Gasteiger partial charge in [-0.2, -0.15) is 0 Å². The lowest BCUT2D eigenvalue weighted by Crippen LogP contribution is -2.19. The maximum absolute atomic E-state index is 11.0. The normalized spacial score (nSPS) is 11.9. The van der Waals surface area contributed by atoms with Gasteiger partial charge in [-0.1, -0.05) is 48.0 Å². The number of benzene rings is 2. The van der Waals surface area contributed by atoms with Crippen LogP contribution in [0.1, 0.15) is 12.5 Å². The van der Waals surface area contributed by atoms with E-state index in [9.17, 15) is 10.1 Å². The molecule has 0 radical (unpaired) electrons. The second-order valence-corrected chi connectivity index (χ2v) is 5.03. The Morgan fingerprint density at radius 1 is 1.20 bits per heavy atom.